The van der Waals surface area contributed by atoms with E-state index in [1.807, 2.05) is 6.92 Å². The summed E-state index contributed by atoms with van der Waals surface area (Å²) >= 11 is 0. The maximum Gasteiger partial charge on any atom is 0.271 e. The van der Waals surface area contributed by atoms with E-state index < -0.39 is 26.7 Å². The highest BCUT2D eigenvalue weighted by Gasteiger charge is 2.53. The zero-order chi connectivity index (χ0) is 26.5. The summed E-state index contributed by atoms with van der Waals surface area (Å²) in [6, 6.07) is 6.28. The average Bonchev–Trinajstić information content (AvgIpc) is 2.83. The molecule has 0 spiro atoms. The summed E-state index contributed by atoms with van der Waals surface area (Å²) in [5.41, 5.74) is -0.852. The lowest BCUT2D eigenvalue weighted by Crippen LogP contribution is -2.55. The third-order valence-corrected chi connectivity index (χ3v) is 9.85. The van der Waals surface area contributed by atoms with Gasteiger partial charge in [0.25, 0.3) is 21.6 Å². The van der Waals surface area contributed by atoms with Crippen LogP contribution < -0.4 is 14.8 Å². The predicted molar refractivity (Wildman–Crippen MR) is 134 cm³/mol. The highest BCUT2D eigenvalue weighted by Crippen LogP contribution is 2.61. The Morgan fingerprint density at radius 2 is 1.73 bits per heavy atom. The van der Waals surface area contributed by atoms with Gasteiger partial charge in [-0.3, -0.25) is 19.6 Å². The molecule has 4 bridgehead atoms. The predicted octanol–water partition coefficient (Wildman–Crippen LogP) is 4.88. The number of halogens is 1. The van der Waals surface area contributed by atoms with Crippen molar-refractivity contribution in [3.63, 3.8) is 0 Å². The molecule has 4 saturated carbocycles. The third-order valence-electron chi connectivity index (χ3n) is 8.48. The molecule has 0 unspecified atom stereocenters. The molecular weight excluding hydrogens is 501 g/mol. The first-order valence-corrected chi connectivity index (χ1v) is 13.9. The number of hydrogen-bond donors (Lipinski definition) is 2. The van der Waals surface area contributed by atoms with E-state index in [4.69, 9.17) is 4.74 Å². The largest absolute Gasteiger partial charge is 0.495 e. The lowest BCUT2D eigenvalue weighted by atomic mass is 9.48. The van der Waals surface area contributed by atoms with Gasteiger partial charge in [0.15, 0.2) is 0 Å². The molecule has 6 rings (SSSR count). The number of carbonyl (C=O) groups is 1. The van der Waals surface area contributed by atoms with Crippen molar-refractivity contribution >= 4 is 27.3 Å². The van der Waals surface area contributed by atoms with Gasteiger partial charge < -0.3 is 10.1 Å². The van der Waals surface area contributed by atoms with Crippen LogP contribution in [0.25, 0.3) is 0 Å². The van der Waals surface area contributed by atoms with Gasteiger partial charge in [-0.05, 0) is 92.9 Å². The summed E-state index contributed by atoms with van der Waals surface area (Å²) in [5.74, 6) is 0.638. The van der Waals surface area contributed by atoms with E-state index in [1.165, 1.54) is 38.5 Å². The fourth-order valence-electron chi connectivity index (χ4n) is 7.07. The lowest BCUT2D eigenvalue weighted by Gasteiger charge is -2.59. The van der Waals surface area contributed by atoms with Crippen LogP contribution >= 0.6 is 0 Å². The zero-order valence-electron chi connectivity index (χ0n) is 20.7. The molecule has 0 radical (unpaired) electrons. The van der Waals surface area contributed by atoms with Gasteiger partial charge in [-0.15, -0.1) is 0 Å². The molecule has 0 aromatic heterocycles. The van der Waals surface area contributed by atoms with E-state index in [-0.39, 0.29) is 39.0 Å². The van der Waals surface area contributed by atoms with Gasteiger partial charge in [0, 0.05) is 18.2 Å². The van der Waals surface area contributed by atoms with Crippen molar-refractivity contribution in [2.24, 2.45) is 23.2 Å². The minimum absolute atomic E-state index is 0.00467. The van der Waals surface area contributed by atoms with Crippen molar-refractivity contribution in [1.29, 1.82) is 0 Å². The first-order valence-electron chi connectivity index (χ1n) is 12.5. The van der Waals surface area contributed by atoms with Crippen molar-refractivity contribution in [3.05, 3.63) is 57.9 Å². The van der Waals surface area contributed by atoms with Crippen molar-refractivity contribution < 1.29 is 27.3 Å². The van der Waals surface area contributed by atoms with E-state index in [1.54, 1.807) is 0 Å². The minimum Gasteiger partial charge on any atom is -0.495 e. The molecule has 198 valence electrons. The number of nitro benzene ring substituents is 1. The molecule has 4 fully saturated rings. The maximum absolute atomic E-state index is 14.7. The number of ether oxygens (including phenoxy) is 1. The molecule has 0 heterocycles. The number of methoxy groups -OCH3 is 1. The normalized spacial score (nSPS) is 26.9. The van der Waals surface area contributed by atoms with Crippen LogP contribution in [0.1, 0.15) is 55.8 Å². The van der Waals surface area contributed by atoms with Gasteiger partial charge in [-0.25, -0.2) is 12.8 Å². The molecule has 0 aliphatic heterocycles. The Hall–Kier alpha value is -3.21. The molecule has 2 aromatic rings. The second-order valence-electron chi connectivity index (χ2n) is 10.9. The SMILES string of the molecule is COc1ccc([N+](=O)[O-])cc1NS(=O)(=O)c1ccc(F)c(C(=O)N[C@@H](C)C23CC4CC(CC(C4)C2)C3)c1. The monoisotopic (exact) mass is 531 g/mol. The number of nitro groups is 1. The molecule has 1 amide bonds. The molecule has 11 heteroatoms. The number of anilines is 1. The standard InChI is InChI=1S/C26H30FN3O6S/c1-15(26-12-16-7-17(13-26)9-18(8-16)14-26)28-25(31)21-11-20(4-5-22(21)27)37(34,35)29-23-10-19(30(32)33)3-6-24(23)36-2/h3-6,10-11,15-18,29H,7-9,12-14H2,1-2H3,(H,28,31)/t15-,16?,17?,18?,26?/m0/s1. The Balaban J connectivity index is 1.37. The van der Waals surface area contributed by atoms with Crippen LogP contribution in [0.2, 0.25) is 0 Å². The zero-order valence-corrected chi connectivity index (χ0v) is 21.5. The van der Waals surface area contributed by atoms with Crippen LogP contribution in [0.5, 0.6) is 5.75 Å². The van der Waals surface area contributed by atoms with Crippen LogP contribution in [-0.2, 0) is 10.0 Å². The van der Waals surface area contributed by atoms with E-state index in [0.717, 1.165) is 43.5 Å². The molecule has 0 saturated heterocycles. The quantitative estimate of drug-likeness (QED) is 0.369. The van der Waals surface area contributed by atoms with Gasteiger partial charge in [0.05, 0.1) is 28.2 Å². The highest BCUT2D eigenvalue weighted by atomic mass is 32.2. The van der Waals surface area contributed by atoms with Crippen molar-refractivity contribution in [3.8, 4) is 5.75 Å². The Bertz CT molecular complexity index is 1330. The van der Waals surface area contributed by atoms with Gasteiger partial charge in [-0.2, -0.15) is 0 Å². The Morgan fingerprint density at radius 1 is 1.11 bits per heavy atom. The number of amides is 1. The number of benzene rings is 2. The summed E-state index contributed by atoms with van der Waals surface area (Å²) in [6.07, 6.45) is 6.97. The van der Waals surface area contributed by atoms with E-state index in [9.17, 15) is 27.7 Å². The van der Waals surface area contributed by atoms with Gasteiger partial charge >= 0.3 is 0 Å². The number of nitrogens with one attached hydrogen (secondary N) is 2. The number of rotatable bonds is 8. The van der Waals surface area contributed by atoms with E-state index >= 15 is 0 Å². The fourth-order valence-corrected chi connectivity index (χ4v) is 8.16. The molecule has 2 aromatic carbocycles. The molecule has 37 heavy (non-hydrogen) atoms. The first kappa shape index (κ1) is 25.4. The molecule has 2 N–H and O–H groups in total. The molecule has 4 aliphatic rings. The number of carbonyl (C=O) groups excluding carboxylic acids is 1. The van der Waals surface area contributed by atoms with E-state index in [2.05, 4.69) is 10.0 Å². The van der Waals surface area contributed by atoms with Gasteiger partial charge in [0.1, 0.15) is 11.6 Å². The van der Waals surface area contributed by atoms with Crippen LogP contribution in [-0.4, -0.2) is 32.4 Å². The number of sulfonamides is 1. The van der Waals surface area contributed by atoms with Gasteiger partial charge in [0.2, 0.25) is 0 Å². The van der Waals surface area contributed by atoms with Gasteiger partial charge in [-0.1, -0.05) is 0 Å². The van der Waals surface area contributed by atoms with Crippen LogP contribution in [0.15, 0.2) is 41.3 Å². The second kappa shape index (κ2) is 9.27. The summed E-state index contributed by atoms with van der Waals surface area (Å²) in [7, 11) is -3.03. The summed E-state index contributed by atoms with van der Waals surface area (Å²) < 4.78 is 48.3. The van der Waals surface area contributed by atoms with Crippen LogP contribution in [0.4, 0.5) is 15.8 Å². The van der Waals surface area contributed by atoms with E-state index in [0.29, 0.717) is 17.8 Å². The van der Waals surface area contributed by atoms with Crippen molar-refractivity contribution in [2.75, 3.05) is 11.8 Å². The maximum atomic E-state index is 14.7. The number of nitrogens with zero attached hydrogens (tertiary/aromatic N) is 1. The second-order valence-corrected chi connectivity index (χ2v) is 12.5. The number of hydrogen-bond acceptors (Lipinski definition) is 6. The summed E-state index contributed by atoms with van der Waals surface area (Å²) in [5, 5.41) is 14.1. The lowest BCUT2D eigenvalue weighted by molar-refractivity contribution is -0.384. The molecule has 9 nitrogen and oxygen atoms in total. The van der Waals surface area contributed by atoms with Crippen LogP contribution in [0.3, 0.4) is 0 Å². The first-order chi connectivity index (χ1) is 17.5. The smallest absolute Gasteiger partial charge is 0.271 e. The fraction of sp³-hybridized carbons (Fsp3) is 0.500. The summed E-state index contributed by atoms with van der Waals surface area (Å²) in [6.45, 7) is 1.97. The summed E-state index contributed by atoms with van der Waals surface area (Å²) in [4.78, 5) is 23.3. The Morgan fingerprint density at radius 3 is 2.30 bits per heavy atom. The van der Waals surface area contributed by atoms with Crippen LogP contribution in [0, 0.1) is 39.1 Å². The topological polar surface area (TPSA) is 128 Å². The molecule has 1 atom stereocenters. The molecular formula is C26H30FN3O6S. The number of non-ortho nitro benzene ring substituents is 1. The highest BCUT2D eigenvalue weighted by molar-refractivity contribution is 7.92. The molecule has 4 aliphatic carbocycles. The van der Waals surface area contributed by atoms with Crippen molar-refractivity contribution in [2.45, 2.75) is 56.4 Å². The third kappa shape index (κ3) is 4.76. The minimum atomic E-state index is -4.33. The average molecular weight is 532 g/mol. The Kier molecular flexibility index (Phi) is 6.37. The Labute approximate surface area is 215 Å². The van der Waals surface area contributed by atoms with Crippen molar-refractivity contribution in [1.82, 2.24) is 5.32 Å².